The molecule has 0 atom stereocenters. The zero-order chi connectivity index (χ0) is 13.8. The fourth-order valence-electron chi connectivity index (χ4n) is 1.61. The number of nitrogens with two attached hydrogens (primary N) is 1. The predicted octanol–water partition coefficient (Wildman–Crippen LogP) is 1.48. The molecule has 0 amide bonds. The molecule has 98 valence electrons. The van der Waals surface area contributed by atoms with Crippen molar-refractivity contribution in [2.24, 2.45) is 10.9 Å². The Morgan fingerprint density at radius 3 is 2.63 bits per heavy atom. The lowest BCUT2D eigenvalue weighted by Crippen LogP contribution is -2.21. The van der Waals surface area contributed by atoms with Crippen LogP contribution in [0.25, 0.3) is 0 Å². The van der Waals surface area contributed by atoms with Crippen molar-refractivity contribution in [1.29, 1.82) is 0 Å². The van der Waals surface area contributed by atoms with Gasteiger partial charge in [-0.3, -0.25) is 0 Å². The van der Waals surface area contributed by atoms with Gasteiger partial charge < -0.3 is 15.8 Å². The standard InChI is InChI=1S/C12H12FN5O/c1-18(9-4-2-8(13)3-5-9)12-10(11(14)17-19)6-7-15-16-12/h2-7,19H,1H3,(H2,14,17). The molecule has 2 aromatic rings. The second kappa shape index (κ2) is 5.30. The molecule has 1 aromatic heterocycles. The van der Waals surface area contributed by atoms with Crippen LogP contribution in [0.1, 0.15) is 5.56 Å². The quantitative estimate of drug-likeness (QED) is 0.378. The van der Waals surface area contributed by atoms with Gasteiger partial charge >= 0.3 is 0 Å². The largest absolute Gasteiger partial charge is 0.409 e. The van der Waals surface area contributed by atoms with Crippen molar-refractivity contribution in [3.63, 3.8) is 0 Å². The van der Waals surface area contributed by atoms with Gasteiger partial charge in [0.2, 0.25) is 0 Å². The van der Waals surface area contributed by atoms with Gasteiger partial charge in [0.1, 0.15) is 5.82 Å². The number of benzene rings is 1. The number of nitrogens with zero attached hydrogens (tertiary/aromatic N) is 4. The number of aromatic nitrogens is 2. The van der Waals surface area contributed by atoms with Gasteiger partial charge in [0, 0.05) is 12.7 Å². The summed E-state index contributed by atoms with van der Waals surface area (Å²) in [6, 6.07) is 7.45. The molecule has 0 fully saturated rings. The van der Waals surface area contributed by atoms with Crippen LogP contribution >= 0.6 is 0 Å². The molecular formula is C12H12FN5O. The van der Waals surface area contributed by atoms with Gasteiger partial charge in [-0.1, -0.05) is 5.16 Å². The van der Waals surface area contributed by atoms with Crippen molar-refractivity contribution < 1.29 is 9.60 Å². The number of rotatable bonds is 3. The van der Waals surface area contributed by atoms with E-state index in [1.165, 1.54) is 18.3 Å². The number of anilines is 2. The molecule has 7 heteroatoms. The Bertz CT molecular complexity index is 599. The highest BCUT2D eigenvalue weighted by Crippen LogP contribution is 2.24. The van der Waals surface area contributed by atoms with Gasteiger partial charge in [0.25, 0.3) is 0 Å². The molecule has 19 heavy (non-hydrogen) atoms. The van der Waals surface area contributed by atoms with Gasteiger partial charge in [-0.2, -0.15) is 5.10 Å². The highest BCUT2D eigenvalue weighted by atomic mass is 19.1. The van der Waals surface area contributed by atoms with E-state index in [9.17, 15) is 4.39 Å². The zero-order valence-electron chi connectivity index (χ0n) is 10.2. The fraction of sp³-hybridized carbons (Fsp3) is 0.0833. The first-order chi connectivity index (χ1) is 9.13. The van der Waals surface area contributed by atoms with Crippen LogP contribution in [0, 0.1) is 5.82 Å². The van der Waals surface area contributed by atoms with Crippen molar-refractivity contribution in [1.82, 2.24) is 10.2 Å². The van der Waals surface area contributed by atoms with E-state index in [2.05, 4.69) is 15.4 Å². The Labute approximate surface area is 109 Å². The summed E-state index contributed by atoms with van der Waals surface area (Å²) in [6.07, 6.45) is 1.44. The summed E-state index contributed by atoms with van der Waals surface area (Å²) in [5.41, 5.74) is 6.72. The van der Waals surface area contributed by atoms with Crippen molar-refractivity contribution in [2.45, 2.75) is 0 Å². The van der Waals surface area contributed by atoms with Gasteiger partial charge in [0.05, 0.1) is 11.8 Å². The Balaban J connectivity index is 2.44. The summed E-state index contributed by atoms with van der Waals surface area (Å²) in [5, 5.41) is 19.4. The van der Waals surface area contributed by atoms with Crippen LogP contribution in [0.4, 0.5) is 15.9 Å². The van der Waals surface area contributed by atoms with Crippen LogP contribution < -0.4 is 10.6 Å². The molecule has 0 bridgehead atoms. The van der Waals surface area contributed by atoms with Gasteiger partial charge in [-0.15, -0.1) is 5.10 Å². The Hall–Kier alpha value is -2.70. The van der Waals surface area contributed by atoms with Crippen LogP contribution in [0.2, 0.25) is 0 Å². The van der Waals surface area contributed by atoms with E-state index in [1.54, 1.807) is 30.1 Å². The summed E-state index contributed by atoms with van der Waals surface area (Å²) in [6.45, 7) is 0. The molecule has 1 heterocycles. The summed E-state index contributed by atoms with van der Waals surface area (Å²) in [4.78, 5) is 1.67. The molecule has 0 saturated carbocycles. The van der Waals surface area contributed by atoms with Gasteiger partial charge in [-0.25, -0.2) is 4.39 Å². The number of hydrogen-bond donors (Lipinski definition) is 2. The van der Waals surface area contributed by atoms with E-state index in [1.807, 2.05) is 0 Å². The normalized spacial score (nSPS) is 11.4. The number of amidine groups is 1. The second-order valence-corrected chi connectivity index (χ2v) is 3.79. The summed E-state index contributed by atoms with van der Waals surface area (Å²) in [5.74, 6) is 0.0104. The molecule has 6 nitrogen and oxygen atoms in total. The summed E-state index contributed by atoms with van der Waals surface area (Å²) >= 11 is 0. The van der Waals surface area contributed by atoms with Crippen LogP contribution in [0.5, 0.6) is 0 Å². The van der Waals surface area contributed by atoms with Crippen LogP contribution in [-0.2, 0) is 0 Å². The average molecular weight is 261 g/mol. The summed E-state index contributed by atoms with van der Waals surface area (Å²) in [7, 11) is 1.73. The van der Waals surface area contributed by atoms with E-state index in [-0.39, 0.29) is 11.7 Å². The van der Waals surface area contributed by atoms with Crippen molar-refractivity contribution in [3.8, 4) is 0 Å². The van der Waals surface area contributed by atoms with E-state index in [0.717, 1.165) is 0 Å². The molecule has 2 rings (SSSR count). The maximum Gasteiger partial charge on any atom is 0.173 e. The minimum absolute atomic E-state index is 0.0705. The van der Waals surface area contributed by atoms with Gasteiger partial charge in [-0.05, 0) is 30.3 Å². The molecule has 0 unspecified atom stereocenters. The minimum atomic E-state index is -0.326. The topological polar surface area (TPSA) is 87.6 Å². The number of halogens is 1. The molecule has 0 spiro atoms. The second-order valence-electron chi connectivity index (χ2n) is 3.79. The summed E-state index contributed by atoms with van der Waals surface area (Å²) < 4.78 is 12.9. The molecule has 0 aliphatic carbocycles. The molecular weight excluding hydrogens is 249 g/mol. The van der Waals surface area contributed by atoms with Crippen LogP contribution in [0.3, 0.4) is 0 Å². The molecule has 1 aromatic carbocycles. The smallest absolute Gasteiger partial charge is 0.173 e. The lowest BCUT2D eigenvalue weighted by molar-refractivity contribution is 0.318. The molecule has 0 aliphatic rings. The maximum absolute atomic E-state index is 12.9. The SMILES string of the molecule is CN(c1ccc(F)cc1)c1nnccc1/C(N)=N/O. The Morgan fingerprint density at radius 1 is 1.32 bits per heavy atom. The lowest BCUT2D eigenvalue weighted by atomic mass is 10.2. The van der Waals surface area contributed by atoms with E-state index >= 15 is 0 Å². The average Bonchev–Trinajstić information content (AvgIpc) is 2.46. The highest BCUT2D eigenvalue weighted by molar-refractivity contribution is 6.01. The highest BCUT2D eigenvalue weighted by Gasteiger charge is 2.14. The van der Waals surface area contributed by atoms with Crippen molar-refractivity contribution >= 4 is 17.3 Å². The maximum atomic E-state index is 12.9. The minimum Gasteiger partial charge on any atom is -0.409 e. The first-order valence-electron chi connectivity index (χ1n) is 5.42. The Morgan fingerprint density at radius 2 is 2.00 bits per heavy atom. The Kier molecular flexibility index (Phi) is 3.56. The molecule has 3 N–H and O–H groups in total. The number of hydrogen-bond acceptors (Lipinski definition) is 5. The first kappa shape index (κ1) is 12.7. The van der Waals surface area contributed by atoms with Crippen molar-refractivity contribution in [2.75, 3.05) is 11.9 Å². The monoisotopic (exact) mass is 261 g/mol. The molecule has 0 aliphatic heterocycles. The first-order valence-corrected chi connectivity index (χ1v) is 5.42. The predicted molar refractivity (Wildman–Crippen MR) is 69.0 cm³/mol. The fourth-order valence-corrected chi connectivity index (χ4v) is 1.61. The third-order valence-electron chi connectivity index (χ3n) is 2.62. The van der Waals surface area contributed by atoms with E-state index < -0.39 is 0 Å². The van der Waals surface area contributed by atoms with Gasteiger partial charge in [0.15, 0.2) is 11.7 Å². The molecule has 0 radical (unpaired) electrons. The third-order valence-corrected chi connectivity index (χ3v) is 2.62. The van der Waals surface area contributed by atoms with E-state index in [0.29, 0.717) is 17.1 Å². The van der Waals surface area contributed by atoms with Crippen LogP contribution in [-0.4, -0.2) is 28.3 Å². The number of oxime groups is 1. The van der Waals surface area contributed by atoms with Crippen molar-refractivity contribution in [3.05, 3.63) is 47.9 Å². The zero-order valence-corrected chi connectivity index (χ0v) is 10.2. The third kappa shape index (κ3) is 2.59. The lowest BCUT2D eigenvalue weighted by Gasteiger charge is -2.19. The molecule has 0 saturated heterocycles. The van der Waals surface area contributed by atoms with Crippen LogP contribution in [0.15, 0.2) is 41.7 Å². The van der Waals surface area contributed by atoms with E-state index in [4.69, 9.17) is 10.9 Å².